The quantitative estimate of drug-likeness (QED) is 0.866. The SMILES string of the molecule is Cc1ccc(C(=O)c2ccc(C(=O)O)c(C)c2)cc1C. The van der Waals surface area contributed by atoms with Crippen LogP contribution in [-0.2, 0) is 0 Å². The zero-order valence-corrected chi connectivity index (χ0v) is 11.7. The van der Waals surface area contributed by atoms with Crippen molar-refractivity contribution in [3.8, 4) is 0 Å². The maximum Gasteiger partial charge on any atom is 0.335 e. The maximum absolute atomic E-state index is 12.4. The van der Waals surface area contributed by atoms with Gasteiger partial charge in [0.05, 0.1) is 5.56 Å². The van der Waals surface area contributed by atoms with Crippen LogP contribution in [0.5, 0.6) is 0 Å². The number of ketones is 1. The number of carboxylic acid groups (broad SMARTS) is 1. The third-order valence-corrected chi connectivity index (χ3v) is 3.49. The standard InChI is InChI=1S/C17H16O3/c1-10-4-5-13(8-11(10)2)16(18)14-6-7-15(17(19)20)12(3)9-14/h4-9H,1-3H3,(H,19,20). The lowest BCUT2D eigenvalue weighted by molar-refractivity contribution is 0.0695. The molecule has 3 nitrogen and oxygen atoms in total. The van der Waals surface area contributed by atoms with E-state index in [4.69, 9.17) is 5.11 Å². The molecule has 0 fully saturated rings. The molecule has 2 rings (SSSR count). The fraction of sp³-hybridized carbons (Fsp3) is 0.176. The minimum Gasteiger partial charge on any atom is -0.478 e. The van der Waals surface area contributed by atoms with Crippen molar-refractivity contribution in [3.05, 3.63) is 69.8 Å². The predicted octanol–water partition coefficient (Wildman–Crippen LogP) is 3.54. The Balaban J connectivity index is 2.41. The Kier molecular flexibility index (Phi) is 3.70. The lowest BCUT2D eigenvalue weighted by atomic mass is 9.97. The van der Waals surface area contributed by atoms with E-state index in [0.29, 0.717) is 16.7 Å². The van der Waals surface area contributed by atoms with Gasteiger partial charge in [-0.3, -0.25) is 4.79 Å². The Bertz CT molecular complexity index is 699. The molecule has 0 aromatic heterocycles. The first kappa shape index (κ1) is 14.0. The van der Waals surface area contributed by atoms with Crippen molar-refractivity contribution >= 4 is 11.8 Å². The Hall–Kier alpha value is -2.42. The number of hydrogen-bond donors (Lipinski definition) is 1. The van der Waals surface area contributed by atoms with Gasteiger partial charge in [0, 0.05) is 11.1 Å². The Labute approximate surface area is 117 Å². The topological polar surface area (TPSA) is 54.4 Å². The molecule has 0 bridgehead atoms. The van der Waals surface area contributed by atoms with Gasteiger partial charge in [0.2, 0.25) is 0 Å². The van der Waals surface area contributed by atoms with Crippen LogP contribution in [0.3, 0.4) is 0 Å². The van der Waals surface area contributed by atoms with Gasteiger partial charge >= 0.3 is 5.97 Å². The molecule has 2 aromatic carbocycles. The molecule has 20 heavy (non-hydrogen) atoms. The van der Waals surface area contributed by atoms with Gasteiger partial charge in [0.25, 0.3) is 0 Å². The van der Waals surface area contributed by atoms with Crippen LogP contribution in [0.4, 0.5) is 0 Å². The number of carbonyl (C=O) groups excluding carboxylic acids is 1. The molecule has 3 heteroatoms. The number of benzene rings is 2. The van der Waals surface area contributed by atoms with Crippen LogP contribution in [0, 0.1) is 20.8 Å². The molecule has 0 aliphatic carbocycles. The van der Waals surface area contributed by atoms with Crippen molar-refractivity contribution in [3.63, 3.8) is 0 Å². The summed E-state index contributed by atoms with van der Waals surface area (Å²) < 4.78 is 0. The molecule has 0 atom stereocenters. The van der Waals surface area contributed by atoms with E-state index in [9.17, 15) is 9.59 Å². The summed E-state index contributed by atoms with van der Waals surface area (Å²) in [5.41, 5.74) is 4.15. The van der Waals surface area contributed by atoms with E-state index in [2.05, 4.69) is 0 Å². The molecular weight excluding hydrogens is 252 g/mol. The maximum atomic E-state index is 12.4. The molecule has 0 aliphatic rings. The Morgan fingerprint density at radius 2 is 1.35 bits per heavy atom. The van der Waals surface area contributed by atoms with Gasteiger partial charge in [-0.25, -0.2) is 4.79 Å². The highest BCUT2D eigenvalue weighted by Crippen LogP contribution is 2.17. The van der Waals surface area contributed by atoms with Crippen molar-refractivity contribution < 1.29 is 14.7 Å². The molecule has 0 aliphatic heterocycles. The number of hydrogen-bond acceptors (Lipinski definition) is 2. The van der Waals surface area contributed by atoms with E-state index >= 15 is 0 Å². The first-order chi connectivity index (χ1) is 9.40. The number of aryl methyl sites for hydroxylation is 3. The normalized spacial score (nSPS) is 10.3. The summed E-state index contributed by atoms with van der Waals surface area (Å²) >= 11 is 0. The van der Waals surface area contributed by atoms with E-state index in [-0.39, 0.29) is 11.3 Å². The zero-order chi connectivity index (χ0) is 14.9. The summed E-state index contributed by atoms with van der Waals surface area (Å²) in [4.78, 5) is 23.4. The van der Waals surface area contributed by atoms with Crippen molar-refractivity contribution in [1.29, 1.82) is 0 Å². The van der Waals surface area contributed by atoms with Crippen LogP contribution < -0.4 is 0 Å². The van der Waals surface area contributed by atoms with E-state index < -0.39 is 5.97 Å². The number of aromatic carboxylic acids is 1. The van der Waals surface area contributed by atoms with Crippen molar-refractivity contribution in [2.24, 2.45) is 0 Å². The second kappa shape index (κ2) is 5.29. The third-order valence-electron chi connectivity index (χ3n) is 3.49. The van der Waals surface area contributed by atoms with Crippen LogP contribution in [0.15, 0.2) is 36.4 Å². The fourth-order valence-corrected chi connectivity index (χ4v) is 2.09. The minimum atomic E-state index is -0.979. The smallest absolute Gasteiger partial charge is 0.335 e. The second-order valence-electron chi connectivity index (χ2n) is 4.96. The van der Waals surface area contributed by atoms with Gasteiger partial charge in [0.1, 0.15) is 0 Å². The predicted molar refractivity (Wildman–Crippen MR) is 77.5 cm³/mol. The summed E-state index contributed by atoms with van der Waals surface area (Å²) in [6.07, 6.45) is 0. The average Bonchev–Trinajstić information content (AvgIpc) is 2.40. The first-order valence-corrected chi connectivity index (χ1v) is 6.36. The van der Waals surface area contributed by atoms with Gasteiger partial charge in [-0.05, 0) is 55.7 Å². The molecule has 1 N–H and O–H groups in total. The molecular formula is C17H16O3. The molecule has 0 unspecified atom stereocenters. The van der Waals surface area contributed by atoms with Gasteiger partial charge in [-0.2, -0.15) is 0 Å². The lowest BCUT2D eigenvalue weighted by Gasteiger charge is -2.07. The fourth-order valence-electron chi connectivity index (χ4n) is 2.09. The summed E-state index contributed by atoms with van der Waals surface area (Å²) in [6.45, 7) is 5.65. The lowest BCUT2D eigenvalue weighted by Crippen LogP contribution is -2.05. The monoisotopic (exact) mass is 268 g/mol. The third kappa shape index (κ3) is 2.62. The molecule has 2 aromatic rings. The molecule has 0 heterocycles. The van der Waals surface area contributed by atoms with Gasteiger partial charge in [-0.1, -0.05) is 18.2 Å². The summed E-state index contributed by atoms with van der Waals surface area (Å²) in [5, 5.41) is 8.99. The molecule has 0 saturated carbocycles. The molecule has 0 spiro atoms. The van der Waals surface area contributed by atoms with Gasteiger partial charge < -0.3 is 5.11 Å². The summed E-state index contributed by atoms with van der Waals surface area (Å²) in [6, 6.07) is 10.2. The minimum absolute atomic E-state index is 0.0897. The number of carbonyl (C=O) groups is 2. The molecule has 102 valence electrons. The second-order valence-corrected chi connectivity index (χ2v) is 4.96. The van der Waals surface area contributed by atoms with Crippen LogP contribution in [0.25, 0.3) is 0 Å². The van der Waals surface area contributed by atoms with Crippen LogP contribution in [-0.4, -0.2) is 16.9 Å². The van der Waals surface area contributed by atoms with Crippen LogP contribution >= 0.6 is 0 Å². The highest BCUT2D eigenvalue weighted by Gasteiger charge is 2.13. The molecule has 0 radical (unpaired) electrons. The molecule has 0 amide bonds. The number of carboxylic acids is 1. The summed E-state index contributed by atoms with van der Waals surface area (Å²) in [5.74, 6) is -1.07. The van der Waals surface area contributed by atoms with E-state index in [0.717, 1.165) is 11.1 Å². The van der Waals surface area contributed by atoms with Crippen molar-refractivity contribution in [2.75, 3.05) is 0 Å². The average molecular weight is 268 g/mol. The van der Waals surface area contributed by atoms with Crippen LogP contribution in [0.2, 0.25) is 0 Å². The number of rotatable bonds is 3. The molecule has 0 saturated heterocycles. The highest BCUT2D eigenvalue weighted by molar-refractivity contribution is 6.09. The highest BCUT2D eigenvalue weighted by atomic mass is 16.4. The van der Waals surface area contributed by atoms with E-state index in [1.165, 1.54) is 6.07 Å². The first-order valence-electron chi connectivity index (χ1n) is 6.36. The Morgan fingerprint density at radius 3 is 1.85 bits per heavy atom. The van der Waals surface area contributed by atoms with Gasteiger partial charge in [-0.15, -0.1) is 0 Å². The largest absolute Gasteiger partial charge is 0.478 e. The Morgan fingerprint density at radius 1 is 0.800 bits per heavy atom. The zero-order valence-electron chi connectivity index (χ0n) is 11.7. The van der Waals surface area contributed by atoms with E-state index in [1.807, 2.05) is 26.0 Å². The van der Waals surface area contributed by atoms with Crippen molar-refractivity contribution in [1.82, 2.24) is 0 Å². The van der Waals surface area contributed by atoms with Crippen LogP contribution in [0.1, 0.15) is 43.0 Å². The van der Waals surface area contributed by atoms with Crippen molar-refractivity contribution in [2.45, 2.75) is 20.8 Å². The van der Waals surface area contributed by atoms with Gasteiger partial charge in [0.15, 0.2) is 5.78 Å². The summed E-state index contributed by atoms with van der Waals surface area (Å²) in [7, 11) is 0. The van der Waals surface area contributed by atoms with E-state index in [1.54, 1.807) is 25.1 Å².